The van der Waals surface area contributed by atoms with Gasteiger partial charge in [-0.25, -0.2) is 0 Å². The molecule has 1 N–H and O–H groups in total. The van der Waals surface area contributed by atoms with Gasteiger partial charge in [0.25, 0.3) is 5.91 Å². The molecule has 1 fully saturated rings. The van der Waals surface area contributed by atoms with E-state index < -0.39 is 11.9 Å². The summed E-state index contributed by atoms with van der Waals surface area (Å²) in [6, 6.07) is 7.09. The molecular formula is C21H27N3O4. The summed E-state index contributed by atoms with van der Waals surface area (Å²) in [6.45, 7) is 9.06. The lowest BCUT2D eigenvalue weighted by Crippen LogP contribution is -2.45. The Morgan fingerprint density at radius 1 is 1.29 bits per heavy atom. The highest BCUT2D eigenvalue weighted by Crippen LogP contribution is 2.26. The SMILES string of the molecule is CC1CC(C(=O)O)CN(C(=O)c2cccc(-c3noc(CC(C)(C)C)n3)c2)C1. The van der Waals surface area contributed by atoms with Crippen LogP contribution < -0.4 is 0 Å². The molecule has 2 aromatic rings. The zero-order valence-electron chi connectivity index (χ0n) is 16.8. The van der Waals surface area contributed by atoms with Crippen LogP contribution in [0, 0.1) is 17.3 Å². The number of carbonyl (C=O) groups excluding carboxylic acids is 1. The third-order valence-corrected chi connectivity index (χ3v) is 4.81. The van der Waals surface area contributed by atoms with E-state index >= 15 is 0 Å². The van der Waals surface area contributed by atoms with Crippen molar-refractivity contribution in [3.05, 3.63) is 35.7 Å². The van der Waals surface area contributed by atoms with E-state index in [2.05, 4.69) is 30.9 Å². The topological polar surface area (TPSA) is 96.5 Å². The van der Waals surface area contributed by atoms with Gasteiger partial charge in [-0.2, -0.15) is 4.98 Å². The summed E-state index contributed by atoms with van der Waals surface area (Å²) in [6.07, 6.45) is 1.26. The number of nitrogens with zero attached hydrogens (tertiary/aromatic N) is 3. The van der Waals surface area contributed by atoms with Gasteiger partial charge in [0.2, 0.25) is 11.7 Å². The fourth-order valence-electron chi connectivity index (χ4n) is 3.57. The first-order valence-electron chi connectivity index (χ1n) is 9.57. The Bertz CT molecular complexity index is 869. The van der Waals surface area contributed by atoms with Crippen LogP contribution in [0.5, 0.6) is 0 Å². The predicted molar refractivity (Wildman–Crippen MR) is 104 cm³/mol. The molecule has 1 aliphatic rings. The maximum Gasteiger partial charge on any atom is 0.308 e. The molecule has 0 spiro atoms. The van der Waals surface area contributed by atoms with Crippen LogP contribution in [-0.4, -0.2) is 45.1 Å². The fourth-order valence-corrected chi connectivity index (χ4v) is 3.57. The van der Waals surface area contributed by atoms with E-state index in [1.807, 2.05) is 13.0 Å². The summed E-state index contributed by atoms with van der Waals surface area (Å²) in [5.41, 5.74) is 1.24. The minimum absolute atomic E-state index is 0.0350. The summed E-state index contributed by atoms with van der Waals surface area (Å²) in [5, 5.41) is 13.4. The molecule has 1 aromatic heterocycles. The number of carbonyl (C=O) groups is 2. The number of benzene rings is 1. The number of piperidine rings is 1. The number of rotatable bonds is 4. The van der Waals surface area contributed by atoms with Gasteiger partial charge in [0.15, 0.2) is 0 Å². The summed E-state index contributed by atoms with van der Waals surface area (Å²) in [5.74, 6) is -0.376. The molecule has 0 bridgehead atoms. The minimum atomic E-state index is -0.851. The Kier molecular flexibility index (Phi) is 5.54. The van der Waals surface area contributed by atoms with Crippen molar-refractivity contribution in [3.63, 3.8) is 0 Å². The molecular weight excluding hydrogens is 358 g/mol. The number of aliphatic carboxylic acids is 1. The van der Waals surface area contributed by atoms with Gasteiger partial charge in [-0.15, -0.1) is 0 Å². The Hall–Kier alpha value is -2.70. The Morgan fingerprint density at radius 2 is 2.04 bits per heavy atom. The molecule has 2 atom stereocenters. The van der Waals surface area contributed by atoms with Crippen molar-refractivity contribution in [3.8, 4) is 11.4 Å². The average Bonchev–Trinajstić information content (AvgIpc) is 3.07. The van der Waals surface area contributed by atoms with E-state index in [0.29, 0.717) is 42.2 Å². The molecule has 0 radical (unpaired) electrons. The number of carboxylic acids is 1. The molecule has 150 valence electrons. The van der Waals surface area contributed by atoms with Crippen molar-refractivity contribution < 1.29 is 19.2 Å². The quantitative estimate of drug-likeness (QED) is 0.865. The number of aromatic nitrogens is 2. The number of hydrogen-bond acceptors (Lipinski definition) is 5. The maximum absolute atomic E-state index is 13.0. The predicted octanol–water partition coefficient (Wildman–Crippen LogP) is 3.51. The second-order valence-corrected chi connectivity index (χ2v) is 8.92. The van der Waals surface area contributed by atoms with Crippen LogP contribution in [-0.2, 0) is 11.2 Å². The lowest BCUT2D eigenvalue weighted by molar-refractivity contribution is -0.143. The van der Waals surface area contributed by atoms with Gasteiger partial charge in [-0.1, -0.05) is 45.0 Å². The van der Waals surface area contributed by atoms with E-state index in [4.69, 9.17) is 4.52 Å². The van der Waals surface area contributed by atoms with Crippen LogP contribution in [0.2, 0.25) is 0 Å². The smallest absolute Gasteiger partial charge is 0.308 e. The zero-order chi connectivity index (χ0) is 20.5. The average molecular weight is 385 g/mol. The fraction of sp³-hybridized carbons (Fsp3) is 0.524. The van der Waals surface area contributed by atoms with Gasteiger partial charge >= 0.3 is 5.97 Å². The molecule has 0 aliphatic carbocycles. The maximum atomic E-state index is 13.0. The van der Waals surface area contributed by atoms with Crippen LogP contribution >= 0.6 is 0 Å². The van der Waals surface area contributed by atoms with E-state index in [1.165, 1.54) is 0 Å². The highest BCUT2D eigenvalue weighted by molar-refractivity contribution is 5.95. The Labute approximate surface area is 164 Å². The molecule has 2 heterocycles. The van der Waals surface area contributed by atoms with Gasteiger partial charge in [-0.3, -0.25) is 9.59 Å². The normalized spacial score (nSPS) is 20.2. The summed E-state index contributed by atoms with van der Waals surface area (Å²) in [7, 11) is 0. The van der Waals surface area contributed by atoms with Gasteiger partial charge in [0.1, 0.15) is 0 Å². The number of likely N-dealkylation sites (tertiary alicyclic amines) is 1. The minimum Gasteiger partial charge on any atom is -0.481 e. The third-order valence-electron chi connectivity index (χ3n) is 4.81. The van der Waals surface area contributed by atoms with Crippen molar-refractivity contribution in [1.29, 1.82) is 0 Å². The Morgan fingerprint density at radius 3 is 2.71 bits per heavy atom. The van der Waals surface area contributed by atoms with Crippen LogP contribution in [0.25, 0.3) is 11.4 Å². The van der Waals surface area contributed by atoms with Gasteiger partial charge in [0.05, 0.1) is 5.92 Å². The van der Waals surface area contributed by atoms with Crippen molar-refractivity contribution in [1.82, 2.24) is 15.0 Å². The van der Waals surface area contributed by atoms with Gasteiger partial charge < -0.3 is 14.5 Å². The number of hydrogen-bond donors (Lipinski definition) is 1. The van der Waals surface area contributed by atoms with E-state index in [0.717, 1.165) is 0 Å². The molecule has 7 heteroatoms. The molecule has 1 aromatic carbocycles. The largest absolute Gasteiger partial charge is 0.481 e. The second kappa shape index (κ2) is 7.73. The molecule has 1 saturated heterocycles. The van der Waals surface area contributed by atoms with Crippen molar-refractivity contribution in [2.75, 3.05) is 13.1 Å². The molecule has 7 nitrogen and oxygen atoms in total. The summed E-state index contributed by atoms with van der Waals surface area (Å²) >= 11 is 0. The first-order valence-corrected chi connectivity index (χ1v) is 9.57. The summed E-state index contributed by atoms with van der Waals surface area (Å²) in [4.78, 5) is 30.4. The monoisotopic (exact) mass is 385 g/mol. The van der Waals surface area contributed by atoms with Crippen LogP contribution in [0.3, 0.4) is 0 Å². The lowest BCUT2D eigenvalue weighted by atomic mass is 9.90. The van der Waals surface area contributed by atoms with Gasteiger partial charge in [-0.05, 0) is 29.9 Å². The second-order valence-electron chi connectivity index (χ2n) is 8.92. The zero-order valence-corrected chi connectivity index (χ0v) is 16.8. The van der Waals surface area contributed by atoms with E-state index in [-0.39, 0.29) is 23.8 Å². The van der Waals surface area contributed by atoms with Crippen molar-refractivity contribution in [2.45, 2.75) is 40.5 Å². The lowest BCUT2D eigenvalue weighted by Gasteiger charge is -2.34. The van der Waals surface area contributed by atoms with Crippen LogP contribution in [0.1, 0.15) is 50.4 Å². The third kappa shape index (κ3) is 4.77. The van der Waals surface area contributed by atoms with Crippen LogP contribution in [0.15, 0.2) is 28.8 Å². The highest BCUT2D eigenvalue weighted by atomic mass is 16.5. The molecule has 3 rings (SSSR count). The Balaban J connectivity index is 1.79. The first kappa shape index (κ1) is 20.0. The molecule has 1 amide bonds. The molecule has 2 unspecified atom stereocenters. The van der Waals surface area contributed by atoms with Gasteiger partial charge in [0, 0.05) is 30.6 Å². The van der Waals surface area contributed by atoms with Crippen LogP contribution in [0.4, 0.5) is 0 Å². The number of carboxylic acid groups (broad SMARTS) is 1. The molecule has 0 saturated carbocycles. The van der Waals surface area contributed by atoms with E-state index in [1.54, 1.807) is 23.1 Å². The van der Waals surface area contributed by atoms with E-state index in [9.17, 15) is 14.7 Å². The molecule has 28 heavy (non-hydrogen) atoms. The standard InChI is InChI=1S/C21H27N3O4/c1-13-8-16(20(26)27)12-24(11-13)19(25)15-7-5-6-14(9-15)18-22-17(28-23-18)10-21(2,3)4/h5-7,9,13,16H,8,10-12H2,1-4H3,(H,26,27). The summed E-state index contributed by atoms with van der Waals surface area (Å²) < 4.78 is 5.34. The highest BCUT2D eigenvalue weighted by Gasteiger charge is 2.32. The molecule has 1 aliphatic heterocycles. The number of amides is 1. The first-order chi connectivity index (χ1) is 13.1. The van der Waals surface area contributed by atoms with Crippen molar-refractivity contribution in [2.24, 2.45) is 17.3 Å². The van der Waals surface area contributed by atoms with Crippen molar-refractivity contribution >= 4 is 11.9 Å².